The number of amides is 1. The molecule has 4 aromatic rings. The van der Waals surface area contributed by atoms with Crippen LogP contribution in [0, 0.1) is 0 Å². The molecular weight excluding hydrogens is 474 g/mol. The molecule has 158 valence electrons. The van der Waals surface area contributed by atoms with Crippen LogP contribution in [0.25, 0.3) is 11.0 Å². The first kappa shape index (κ1) is 20.1. The Morgan fingerprint density at radius 3 is 2.72 bits per heavy atom. The molecule has 0 fully saturated rings. The van der Waals surface area contributed by atoms with Crippen molar-refractivity contribution in [2.75, 3.05) is 11.5 Å². The summed E-state index contributed by atoms with van der Waals surface area (Å²) in [4.78, 5) is 36.9. The SMILES string of the molecule is C=CCOc1cccc(C2c3c(oc4ccc(Br)cc4c3=O)C(=O)N2c2ncccn2)c1. The van der Waals surface area contributed by atoms with Crippen molar-refractivity contribution in [1.29, 1.82) is 0 Å². The minimum absolute atomic E-state index is 0.0142. The maximum Gasteiger partial charge on any atom is 0.297 e. The number of carbonyl (C=O) groups is 1. The molecule has 2 aromatic heterocycles. The number of halogens is 1. The standard InChI is InChI=1S/C24H16BrN3O4/c1-2-11-31-16-6-3-5-14(12-16)20-19-21(29)17-13-15(25)7-8-18(17)32-22(19)23(30)28(20)24-26-9-4-10-27-24/h2-10,12-13,20H,1,11H2. The Bertz CT molecular complexity index is 1420. The van der Waals surface area contributed by atoms with E-state index in [1.165, 1.54) is 4.90 Å². The van der Waals surface area contributed by atoms with Gasteiger partial charge in [0.15, 0.2) is 5.43 Å². The highest BCUT2D eigenvalue weighted by molar-refractivity contribution is 9.10. The van der Waals surface area contributed by atoms with E-state index in [1.54, 1.807) is 60.9 Å². The van der Waals surface area contributed by atoms with Crippen LogP contribution in [0.15, 0.2) is 87.3 Å². The third-order valence-electron chi connectivity index (χ3n) is 5.14. The van der Waals surface area contributed by atoms with Gasteiger partial charge in [0.2, 0.25) is 11.7 Å². The molecule has 1 amide bonds. The van der Waals surface area contributed by atoms with Crippen LogP contribution in [0.4, 0.5) is 5.95 Å². The smallest absolute Gasteiger partial charge is 0.297 e. The first-order chi connectivity index (χ1) is 15.6. The van der Waals surface area contributed by atoms with Crippen molar-refractivity contribution in [3.8, 4) is 5.75 Å². The van der Waals surface area contributed by atoms with E-state index in [-0.39, 0.29) is 22.7 Å². The van der Waals surface area contributed by atoms with E-state index in [1.807, 2.05) is 6.07 Å². The highest BCUT2D eigenvalue weighted by Gasteiger charge is 2.45. The zero-order valence-electron chi connectivity index (χ0n) is 16.7. The monoisotopic (exact) mass is 489 g/mol. The Morgan fingerprint density at radius 1 is 1.12 bits per heavy atom. The van der Waals surface area contributed by atoms with Gasteiger partial charge in [-0.2, -0.15) is 0 Å². The number of hydrogen-bond acceptors (Lipinski definition) is 6. The number of benzene rings is 2. The summed E-state index contributed by atoms with van der Waals surface area (Å²) in [6.45, 7) is 3.99. The van der Waals surface area contributed by atoms with Crippen molar-refractivity contribution in [3.63, 3.8) is 0 Å². The van der Waals surface area contributed by atoms with Crippen molar-refractivity contribution in [2.24, 2.45) is 0 Å². The summed E-state index contributed by atoms with van der Waals surface area (Å²) in [6, 6.07) is 13.2. The van der Waals surface area contributed by atoms with Gasteiger partial charge in [0, 0.05) is 16.9 Å². The van der Waals surface area contributed by atoms with Crippen molar-refractivity contribution in [1.82, 2.24) is 9.97 Å². The topological polar surface area (TPSA) is 85.5 Å². The highest BCUT2D eigenvalue weighted by Crippen LogP contribution is 2.40. The van der Waals surface area contributed by atoms with Gasteiger partial charge < -0.3 is 9.15 Å². The first-order valence-corrected chi connectivity index (χ1v) is 10.6. The van der Waals surface area contributed by atoms with Gasteiger partial charge in [0.1, 0.15) is 17.9 Å². The number of anilines is 1. The lowest BCUT2D eigenvalue weighted by atomic mass is 9.98. The van der Waals surface area contributed by atoms with Gasteiger partial charge in [-0.25, -0.2) is 9.97 Å². The number of aromatic nitrogens is 2. The largest absolute Gasteiger partial charge is 0.490 e. The molecule has 8 heteroatoms. The first-order valence-electron chi connectivity index (χ1n) is 9.79. The van der Waals surface area contributed by atoms with Crippen LogP contribution in [0.3, 0.4) is 0 Å². The summed E-state index contributed by atoms with van der Waals surface area (Å²) >= 11 is 3.40. The summed E-state index contributed by atoms with van der Waals surface area (Å²) in [7, 11) is 0. The van der Waals surface area contributed by atoms with Crippen molar-refractivity contribution in [2.45, 2.75) is 6.04 Å². The van der Waals surface area contributed by atoms with Crippen LogP contribution < -0.4 is 15.1 Å². The van der Waals surface area contributed by atoms with Gasteiger partial charge >= 0.3 is 0 Å². The number of fused-ring (bicyclic) bond motifs is 2. The number of nitrogens with zero attached hydrogens (tertiary/aromatic N) is 3. The molecule has 0 spiro atoms. The number of carbonyl (C=O) groups excluding carboxylic acids is 1. The second-order valence-electron chi connectivity index (χ2n) is 7.11. The minimum Gasteiger partial charge on any atom is -0.490 e. The summed E-state index contributed by atoms with van der Waals surface area (Å²) in [5.74, 6) is 0.274. The van der Waals surface area contributed by atoms with Gasteiger partial charge in [-0.15, -0.1) is 0 Å². The molecule has 0 N–H and O–H groups in total. The molecule has 0 bridgehead atoms. The molecule has 2 aromatic carbocycles. The van der Waals surface area contributed by atoms with E-state index in [0.717, 1.165) is 4.47 Å². The lowest BCUT2D eigenvalue weighted by Crippen LogP contribution is -2.31. The molecule has 0 saturated carbocycles. The zero-order valence-corrected chi connectivity index (χ0v) is 18.3. The summed E-state index contributed by atoms with van der Waals surface area (Å²) in [5.41, 5.74) is 0.973. The van der Waals surface area contributed by atoms with E-state index in [4.69, 9.17) is 9.15 Å². The Morgan fingerprint density at radius 2 is 1.94 bits per heavy atom. The number of ether oxygens (including phenoxy) is 1. The van der Waals surface area contributed by atoms with Crippen LogP contribution >= 0.6 is 15.9 Å². The summed E-state index contributed by atoms with van der Waals surface area (Å²) < 4.78 is 12.3. The van der Waals surface area contributed by atoms with Crippen LogP contribution in [-0.4, -0.2) is 22.5 Å². The van der Waals surface area contributed by atoms with Crippen LogP contribution in [0.5, 0.6) is 5.75 Å². The molecular formula is C24H16BrN3O4. The van der Waals surface area contributed by atoms with Gasteiger partial charge in [0.05, 0.1) is 17.0 Å². The van der Waals surface area contributed by atoms with Crippen molar-refractivity contribution >= 4 is 38.8 Å². The fourth-order valence-corrected chi connectivity index (χ4v) is 4.17. The van der Waals surface area contributed by atoms with Crippen molar-refractivity contribution < 1.29 is 13.9 Å². The maximum absolute atomic E-state index is 13.6. The fraction of sp³-hybridized carbons (Fsp3) is 0.0833. The Hall–Kier alpha value is -3.78. The average Bonchev–Trinajstić information content (AvgIpc) is 3.11. The van der Waals surface area contributed by atoms with E-state index in [9.17, 15) is 9.59 Å². The van der Waals surface area contributed by atoms with E-state index >= 15 is 0 Å². The second-order valence-corrected chi connectivity index (χ2v) is 8.03. The van der Waals surface area contributed by atoms with Crippen LogP contribution in [-0.2, 0) is 0 Å². The normalized spacial score (nSPS) is 15.1. The molecule has 1 atom stereocenters. The third kappa shape index (κ3) is 3.29. The molecule has 1 unspecified atom stereocenters. The van der Waals surface area contributed by atoms with Gasteiger partial charge in [-0.3, -0.25) is 14.5 Å². The Kier molecular flexibility index (Phi) is 5.07. The molecule has 0 radical (unpaired) electrons. The molecule has 3 heterocycles. The molecule has 1 aliphatic rings. The molecule has 1 aliphatic heterocycles. The molecule has 32 heavy (non-hydrogen) atoms. The summed E-state index contributed by atoms with van der Waals surface area (Å²) in [6.07, 6.45) is 4.73. The van der Waals surface area contributed by atoms with Crippen molar-refractivity contribution in [3.05, 3.63) is 105 Å². The molecule has 5 rings (SSSR count). The predicted molar refractivity (Wildman–Crippen MR) is 123 cm³/mol. The molecule has 7 nitrogen and oxygen atoms in total. The number of hydrogen-bond donors (Lipinski definition) is 0. The van der Waals surface area contributed by atoms with Gasteiger partial charge in [0.25, 0.3) is 5.91 Å². The second kappa shape index (κ2) is 8.05. The Balaban J connectivity index is 1.77. The van der Waals surface area contributed by atoms with E-state index in [2.05, 4.69) is 32.5 Å². The lowest BCUT2D eigenvalue weighted by molar-refractivity contribution is 0.0969. The molecule has 0 saturated heterocycles. The molecule has 0 aliphatic carbocycles. The fourth-order valence-electron chi connectivity index (χ4n) is 3.81. The summed E-state index contributed by atoms with van der Waals surface area (Å²) in [5, 5.41) is 0.380. The predicted octanol–water partition coefficient (Wildman–Crippen LogP) is 4.66. The zero-order chi connectivity index (χ0) is 22.2. The number of rotatable bonds is 5. The van der Waals surface area contributed by atoms with Crippen LogP contribution in [0.1, 0.15) is 27.7 Å². The Labute approximate surface area is 191 Å². The highest BCUT2D eigenvalue weighted by atomic mass is 79.9. The average molecular weight is 490 g/mol. The van der Waals surface area contributed by atoms with E-state index in [0.29, 0.717) is 28.9 Å². The van der Waals surface area contributed by atoms with Crippen LogP contribution in [0.2, 0.25) is 0 Å². The maximum atomic E-state index is 13.6. The lowest BCUT2D eigenvalue weighted by Gasteiger charge is -2.23. The van der Waals surface area contributed by atoms with E-state index < -0.39 is 11.9 Å². The minimum atomic E-state index is -0.771. The van der Waals surface area contributed by atoms with Gasteiger partial charge in [-0.1, -0.05) is 40.7 Å². The van der Waals surface area contributed by atoms with Gasteiger partial charge in [-0.05, 0) is 42.0 Å². The third-order valence-corrected chi connectivity index (χ3v) is 5.63. The quantitative estimate of drug-likeness (QED) is 0.379.